The molecule has 0 spiro atoms. The number of rotatable bonds is 9. The zero-order chi connectivity index (χ0) is 23.2. The molecule has 0 atom stereocenters. The van der Waals surface area contributed by atoms with Crippen LogP contribution in [0.5, 0.6) is 0 Å². The topological polar surface area (TPSA) is 108 Å². The van der Waals surface area contributed by atoms with Crippen LogP contribution in [-0.4, -0.2) is 46.8 Å². The highest BCUT2D eigenvalue weighted by molar-refractivity contribution is 7.98. The summed E-state index contributed by atoms with van der Waals surface area (Å²) in [7, 11) is 0.0201. The maximum absolute atomic E-state index is 11.7. The Labute approximate surface area is 188 Å². The lowest BCUT2D eigenvalue weighted by Gasteiger charge is -2.22. The van der Waals surface area contributed by atoms with Gasteiger partial charge in [-0.15, -0.1) is 11.8 Å². The monoisotopic (exact) mass is 458 g/mol. The van der Waals surface area contributed by atoms with Gasteiger partial charge in [-0.3, -0.25) is 4.31 Å². The molecule has 0 unspecified atom stereocenters. The van der Waals surface area contributed by atoms with E-state index in [4.69, 9.17) is 12.3 Å². The zero-order valence-corrected chi connectivity index (χ0v) is 19.7. The van der Waals surface area contributed by atoms with Crippen LogP contribution in [0.25, 0.3) is 4.85 Å². The van der Waals surface area contributed by atoms with E-state index in [1.807, 2.05) is 31.0 Å². The molecule has 8 nitrogen and oxygen atoms in total. The summed E-state index contributed by atoms with van der Waals surface area (Å²) in [6.45, 7) is 10.5. The van der Waals surface area contributed by atoms with E-state index in [0.29, 0.717) is 58.6 Å². The number of pyridine rings is 1. The number of hydrogen-bond donors (Lipinski definition) is 1. The van der Waals surface area contributed by atoms with E-state index in [1.165, 1.54) is 23.1 Å². The average molecular weight is 459 g/mol. The fraction of sp³-hybridized carbons (Fsp3) is 0.381. The lowest BCUT2D eigenvalue weighted by Crippen LogP contribution is -2.26. The quantitative estimate of drug-likeness (QED) is 0.454. The Morgan fingerprint density at radius 1 is 1.29 bits per heavy atom. The summed E-state index contributed by atoms with van der Waals surface area (Å²) in [5.41, 5.74) is 8.73. The first kappa shape index (κ1) is 24.5. The SMILES string of the molecule is [C-]#[N+]c1c(N(C)CCN)nc(SCc2ccc(N(C)S(C)(=O)=O)cc2)c(C#N)c1CC. The van der Waals surface area contributed by atoms with Crippen molar-refractivity contribution in [1.29, 1.82) is 5.26 Å². The molecule has 0 aliphatic rings. The van der Waals surface area contributed by atoms with Crippen LogP contribution in [0.3, 0.4) is 0 Å². The molecule has 0 saturated carbocycles. The molecule has 2 rings (SSSR count). The largest absolute Gasteiger partial charge is 0.367 e. The molecule has 0 fully saturated rings. The second-order valence-corrected chi connectivity index (χ2v) is 9.89. The van der Waals surface area contributed by atoms with Crippen LogP contribution in [0.1, 0.15) is 23.6 Å². The summed E-state index contributed by atoms with van der Waals surface area (Å²) >= 11 is 1.42. The van der Waals surface area contributed by atoms with E-state index < -0.39 is 10.0 Å². The summed E-state index contributed by atoms with van der Waals surface area (Å²) in [6, 6.07) is 9.42. The van der Waals surface area contributed by atoms with Gasteiger partial charge in [-0.25, -0.2) is 18.2 Å². The zero-order valence-electron chi connectivity index (χ0n) is 18.1. The van der Waals surface area contributed by atoms with Crippen LogP contribution in [0.15, 0.2) is 29.3 Å². The Hall–Kier alpha value is -2.79. The van der Waals surface area contributed by atoms with Gasteiger partial charge < -0.3 is 10.6 Å². The highest BCUT2D eigenvalue weighted by Gasteiger charge is 2.21. The van der Waals surface area contributed by atoms with Crippen molar-refractivity contribution < 1.29 is 8.42 Å². The van der Waals surface area contributed by atoms with Crippen LogP contribution in [-0.2, 0) is 22.2 Å². The van der Waals surface area contributed by atoms with Gasteiger partial charge in [0.2, 0.25) is 15.7 Å². The van der Waals surface area contributed by atoms with E-state index in [9.17, 15) is 13.7 Å². The molecule has 0 amide bonds. The molecule has 0 saturated heterocycles. The van der Waals surface area contributed by atoms with Crippen LogP contribution in [0.4, 0.5) is 17.2 Å². The Bertz CT molecular complexity index is 1120. The Kier molecular flexibility index (Phi) is 8.28. The molecule has 0 aliphatic heterocycles. The summed E-state index contributed by atoms with van der Waals surface area (Å²) in [4.78, 5) is 10.1. The number of nitrogens with two attached hydrogens (primary N) is 1. The highest BCUT2D eigenvalue weighted by atomic mass is 32.2. The minimum atomic E-state index is -3.32. The molecule has 31 heavy (non-hydrogen) atoms. The van der Waals surface area contributed by atoms with Gasteiger partial charge in [0, 0.05) is 32.9 Å². The van der Waals surface area contributed by atoms with E-state index in [-0.39, 0.29) is 0 Å². The summed E-state index contributed by atoms with van der Waals surface area (Å²) in [6.07, 6.45) is 1.70. The van der Waals surface area contributed by atoms with Gasteiger partial charge in [-0.05, 0) is 29.7 Å². The van der Waals surface area contributed by atoms with Crippen molar-refractivity contribution in [3.05, 3.63) is 52.4 Å². The minimum absolute atomic E-state index is 0.396. The van der Waals surface area contributed by atoms with Crippen LogP contribution >= 0.6 is 11.8 Å². The third-order valence-electron chi connectivity index (χ3n) is 4.80. The fourth-order valence-electron chi connectivity index (χ4n) is 2.98. The van der Waals surface area contributed by atoms with E-state index in [1.54, 1.807) is 12.1 Å². The van der Waals surface area contributed by atoms with Gasteiger partial charge >= 0.3 is 0 Å². The number of thioether (sulfide) groups is 1. The summed E-state index contributed by atoms with van der Waals surface area (Å²) < 4.78 is 24.6. The molecule has 10 heteroatoms. The van der Waals surface area contributed by atoms with E-state index in [0.717, 1.165) is 11.8 Å². The number of anilines is 2. The number of nitriles is 1. The molecule has 164 valence electrons. The van der Waals surface area contributed by atoms with Gasteiger partial charge in [0.1, 0.15) is 16.9 Å². The number of sulfonamides is 1. The van der Waals surface area contributed by atoms with Crippen molar-refractivity contribution in [2.45, 2.75) is 24.1 Å². The van der Waals surface area contributed by atoms with Crippen molar-refractivity contribution >= 4 is 39.0 Å². The average Bonchev–Trinajstić information content (AvgIpc) is 2.75. The second kappa shape index (κ2) is 10.5. The standard InChI is InChI=1S/C21H26N6O2S2/c1-6-17-18(13-23)21(25-20(19(17)24-2)26(3)12-11-22)30-14-15-7-9-16(10-8-15)27(4)31(5,28)29/h7-10H,6,11-12,14,22H2,1,3-5H3. The molecule has 1 aromatic heterocycles. The molecule has 2 N–H and O–H groups in total. The van der Waals surface area contributed by atoms with Gasteiger partial charge in [-0.2, -0.15) is 5.26 Å². The van der Waals surface area contributed by atoms with Crippen LogP contribution in [0, 0.1) is 17.9 Å². The maximum Gasteiger partial charge on any atom is 0.232 e. The molecule has 2 aromatic rings. The first-order chi connectivity index (χ1) is 14.7. The fourth-order valence-corrected chi connectivity index (χ4v) is 4.44. The molecular formula is C21H26N6O2S2. The number of benzene rings is 1. The number of likely N-dealkylation sites (N-methyl/N-ethyl adjacent to an activating group) is 1. The molecule has 1 aromatic carbocycles. The molecule has 0 aliphatic carbocycles. The van der Waals surface area contributed by atoms with Crippen LogP contribution < -0.4 is 14.9 Å². The van der Waals surface area contributed by atoms with E-state index in [2.05, 4.69) is 15.9 Å². The van der Waals surface area contributed by atoms with Crippen molar-refractivity contribution in [3.63, 3.8) is 0 Å². The third kappa shape index (κ3) is 5.67. The molecule has 1 heterocycles. The lowest BCUT2D eigenvalue weighted by molar-refractivity contribution is 0.600. The molecule has 0 bridgehead atoms. The Morgan fingerprint density at radius 2 is 1.94 bits per heavy atom. The van der Waals surface area contributed by atoms with Crippen molar-refractivity contribution in [1.82, 2.24) is 4.98 Å². The van der Waals surface area contributed by atoms with Gasteiger partial charge in [0.05, 0.1) is 24.1 Å². The number of aromatic nitrogens is 1. The van der Waals surface area contributed by atoms with Gasteiger partial charge in [-0.1, -0.05) is 19.1 Å². The summed E-state index contributed by atoms with van der Waals surface area (Å²) in [5, 5.41) is 10.3. The predicted octanol–water partition coefficient (Wildman–Crippen LogP) is 3.15. The van der Waals surface area contributed by atoms with Gasteiger partial charge in [0.25, 0.3) is 0 Å². The maximum atomic E-state index is 11.7. The second-order valence-electron chi connectivity index (χ2n) is 6.92. The normalized spacial score (nSPS) is 10.9. The third-order valence-corrected chi connectivity index (χ3v) is 7.05. The molecular weight excluding hydrogens is 432 g/mol. The number of nitrogens with zero attached hydrogens (tertiary/aromatic N) is 5. The first-order valence-electron chi connectivity index (χ1n) is 9.59. The van der Waals surface area contributed by atoms with Crippen molar-refractivity contribution in [3.8, 4) is 6.07 Å². The Balaban J connectivity index is 2.37. The highest BCUT2D eigenvalue weighted by Crippen LogP contribution is 2.38. The van der Waals surface area contributed by atoms with E-state index >= 15 is 0 Å². The molecule has 0 radical (unpaired) electrons. The summed E-state index contributed by atoms with van der Waals surface area (Å²) in [5.74, 6) is 1.08. The van der Waals surface area contributed by atoms with Crippen LogP contribution in [0.2, 0.25) is 0 Å². The number of hydrogen-bond acceptors (Lipinski definition) is 7. The Morgan fingerprint density at radius 3 is 2.42 bits per heavy atom. The first-order valence-corrected chi connectivity index (χ1v) is 12.4. The lowest BCUT2D eigenvalue weighted by atomic mass is 10.1. The smallest absolute Gasteiger partial charge is 0.232 e. The minimum Gasteiger partial charge on any atom is -0.367 e. The van der Waals surface area contributed by atoms with Crippen molar-refractivity contribution in [2.24, 2.45) is 5.73 Å². The van der Waals surface area contributed by atoms with Crippen molar-refractivity contribution in [2.75, 3.05) is 42.6 Å². The van der Waals surface area contributed by atoms with Gasteiger partial charge in [0.15, 0.2) is 0 Å². The predicted molar refractivity (Wildman–Crippen MR) is 126 cm³/mol.